The summed E-state index contributed by atoms with van der Waals surface area (Å²) in [5.74, 6) is -1.52. The monoisotopic (exact) mass is 392 g/mol. The van der Waals surface area contributed by atoms with Crippen LogP contribution in [-0.2, 0) is 38.0 Å². The maximum Gasteiger partial charge on any atom is 0.305 e. The van der Waals surface area contributed by atoms with Gasteiger partial charge in [0.1, 0.15) is 6.10 Å². The highest BCUT2D eigenvalue weighted by Crippen LogP contribution is 2.36. The zero-order chi connectivity index (χ0) is 20.2. The fourth-order valence-corrected chi connectivity index (χ4v) is 3.10. The van der Waals surface area contributed by atoms with Crippen molar-refractivity contribution in [2.75, 3.05) is 13.2 Å². The molecule has 0 amide bonds. The zero-order valence-electron chi connectivity index (χ0n) is 16.0. The van der Waals surface area contributed by atoms with E-state index < -0.39 is 36.2 Å². The summed E-state index contributed by atoms with van der Waals surface area (Å²) in [5, 5.41) is 17.7. The number of rotatable bonds is 4. The van der Waals surface area contributed by atoms with E-state index in [0.29, 0.717) is 6.42 Å². The predicted octanol–water partition coefficient (Wildman–Crippen LogP) is -0.166. The third-order valence-electron chi connectivity index (χ3n) is 4.09. The van der Waals surface area contributed by atoms with Gasteiger partial charge in [0.2, 0.25) is 6.29 Å². The Morgan fingerprint density at radius 3 is 2.07 bits per heavy atom. The number of carbonyl (C=O) groups is 2. The summed E-state index contributed by atoms with van der Waals surface area (Å²) in [6.07, 6.45) is -1.35. The smallest absolute Gasteiger partial charge is 0.305 e. The van der Waals surface area contributed by atoms with Gasteiger partial charge < -0.3 is 38.6 Å². The first-order valence-electron chi connectivity index (χ1n) is 8.86. The van der Waals surface area contributed by atoms with E-state index in [1.54, 1.807) is 0 Å². The normalized spacial score (nSPS) is 36.5. The first-order valence-corrected chi connectivity index (χ1v) is 8.86. The van der Waals surface area contributed by atoms with E-state index in [1.165, 1.54) is 13.8 Å². The predicted molar refractivity (Wildman–Crippen MR) is 88.1 cm³/mol. The van der Waals surface area contributed by atoms with Crippen LogP contribution in [-0.4, -0.2) is 78.1 Å². The van der Waals surface area contributed by atoms with E-state index in [1.807, 2.05) is 13.8 Å². The molecule has 6 atom stereocenters. The Hall–Kier alpha value is -1.30. The molecule has 27 heavy (non-hydrogen) atoms. The van der Waals surface area contributed by atoms with Crippen LogP contribution in [0, 0.1) is 0 Å². The molecule has 0 aromatic heterocycles. The third kappa shape index (κ3) is 6.37. The molecule has 0 aromatic rings. The number of fused-ring (bicyclic) bond motifs is 1. The minimum atomic E-state index is -0.913. The number of hydrogen-bond donors (Lipinski definition) is 2. The fraction of sp³-hybridized carbons (Fsp3) is 0.882. The molecular weight excluding hydrogens is 364 g/mol. The van der Waals surface area contributed by atoms with E-state index >= 15 is 0 Å². The molecule has 156 valence electrons. The van der Waals surface area contributed by atoms with Crippen LogP contribution in [0.3, 0.4) is 0 Å². The lowest BCUT2D eigenvalue weighted by Crippen LogP contribution is -2.30. The van der Waals surface area contributed by atoms with Crippen LogP contribution in [0.5, 0.6) is 0 Å². The van der Waals surface area contributed by atoms with Crippen LogP contribution >= 0.6 is 0 Å². The third-order valence-corrected chi connectivity index (χ3v) is 4.09. The lowest BCUT2D eigenvalue weighted by Gasteiger charge is -2.19. The lowest BCUT2D eigenvalue weighted by atomic mass is 10.2. The zero-order valence-corrected chi connectivity index (χ0v) is 16.0. The van der Waals surface area contributed by atoms with Crippen molar-refractivity contribution in [1.29, 1.82) is 0 Å². The molecule has 3 aliphatic rings. The molecule has 0 saturated carbocycles. The van der Waals surface area contributed by atoms with E-state index in [2.05, 4.69) is 0 Å². The highest BCUT2D eigenvalue weighted by molar-refractivity contribution is 5.67. The molecule has 3 rings (SSSR count). The van der Waals surface area contributed by atoms with Crippen molar-refractivity contribution in [1.82, 2.24) is 0 Å². The molecule has 2 N–H and O–H groups in total. The van der Waals surface area contributed by atoms with Crippen LogP contribution in [0.4, 0.5) is 0 Å². The van der Waals surface area contributed by atoms with Gasteiger partial charge in [-0.05, 0) is 13.8 Å². The van der Waals surface area contributed by atoms with E-state index in [4.69, 9.17) is 38.6 Å². The average molecular weight is 392 g/mol. The Kier molecular flexibility index (Phi) is 7.55. The van der Waals surface area contributed by atoms with Crippen molar-refractivity contribution in [2.24, 2.45) is 0 Å². The van der Waals surface area contributed by atoms with Crippen molar-refractivity contribution in [3.63, 3.8) is 0 Å². The fourth-order valence-electron chi connectivity index (χ4n) is 3.10. The Bertz CT molecular complexity index is 482. The number of ether oxygens (including phenoxy) is 6. The Morgan fingerprint density at radius 2 is 1.56 bits per heavy atom. The molecule has 3 fully saturated rings. The van der Waals surface area contributed by atoms with Gasteiger partial charge in [-0.3, -0.25) is 9.59 Å². The first-order chi connectivity index (χ1) is 12.6. The summed E-state index contributed by atoms with van der Waals surface area (Å²) in [6, 6.07) is 0. The molecule has 3 aliphatic heterocycles. The second kappa shape index (κ2) is 9.26. The summed E-state index contributed by atoms with van der Waals surface area (Å²) in [6.45, 7) is 6.07. The maximum atomic E-state index is 10.7. The summed E-state index contributed by atoms with van der Waals surface area (Å²) in [7, 11) is 0. The van der Waals surface area contributed by atoms with E-state index in [-0.39, 0.29) is 31.7 Å². The Morgan fingerprint density at radius 1 is 0.963 bits per heavy atom. The maximum absolute atomic E-state index is 10.7. The van der Waals surface area contributed by atoms with Gasteiger partial charge in [0.25, 0.3) is 0 Å². The molecule has 10 nitrogen and oxygen atoms in total. The van der Waals surface area contributed by atoms with Gasteiger partial charge in [0, 0.05) is 26.7 Å². The van der Waals surface area contributed by atoms with Crippen molar-refractivity contribution in [3.05, 3.63) is 0 Å². The summed E-state index contributed by atoms with van der Waals surface area (Å²) >= 11 is 0. The Balaban J connectivity index is 0.000000198. The standard InChI is InChI=1S/C9H14O6.C8H14O4/c1-5(11)13-8-3-7(4-10)15-9(8)14-6(2)12;1-8(2)11-6-3-5(4-9)10-7(6)12-8/h7-10H,3-4H2,1-2H3;5-7,9H,3-4H2,1-2H3. The quantitative estimate of drug-likeness (QED) is 0.622. The number of carbonyl (C=O) groups excluding carboxylic acids is 2. The summed E-state index contributed by atoms with van der Waals surface area (Å²) < 4.78 is 31.2. The van der Waals surface area contributed by atoms with Gasteiger partial charge in [-0.2, -0.15) is 0 Å². The second-order valence-corrected chi connectivity index (χ2v) is 7.02. The Labute approximate surface area is 157 Å². The molecule has 0 aliphatic carbocycles. The summed E-state index contributed by atoms with van der Waals surface area (Å²) in [4.78, 5) is 21.5. The van der Waals surface area contributed by atoms with Crippen LogP contribution in [0.15, 0.2) is 0 Å². The average Bonchev–Trinajstić information content (AvgIpc) is 3.17. The molecular formula is C17H28O10. The topological polar surface area (TPSA) is 130 Å². The van der Waals surface area contributed by atoms with Gasteiger partial charge in [0.05, 0.1) is 25.4 Å². The molecule has 3 saturated heterocycles. The lowest BCUT2D eigenvalue weighted by molar-refractivity contribution is -0.207. The van der Waals surface area contributed by atoms with E-state index in [0.717, 1.165) is 6.42 Å². The molecule has 0 spiro atoms. The van der Waals surface area contributed by atoms with Gasteiger partial charge in [-0.25, -0.2) is 0 Å². The van der Waals surface area contributed by atoms with Crippen molar-refractivity contribution < 1.29 is 48.2 Å². The van der Waals surface area contributed by atoms with Crippen LogP contribution in [0.1, 0.15) is 40.5 Å². The second-order valence-electron chi connectivity index (χ2n) is 7.02. The molecule has 10 heteroatoms. The number of aliphatic hydroxyl groups excluding tert-OH is 2. The number of esters is 2. The SMILES string of the molecule is CC(=O)OC1CC(CO)OC1OC(C)=O.CC1(C)OC2CC(CO)OC2O1. The van der Waals surface area contributed by atoms with Crippen LogP contribution in [0.2, 0.25) is 0 Å². The molecule has 0 aromatic carbocycles. The van der Waals surface area contributed by atoms with E-state index in [9.17, 15) is 9.59 Å². The summed E-state index contributed by atoms with van der Waals surface area (Å²) in [5.41, 5.74) is 0. The van der Waals surface area contributed by atoms with Gasteiger partial charge in [0.15, 0.2) is 18.2 Å². The van der Waals surface area contributed by atoms with Crippen LogP contribution in [0.25, 0.3) is 0 Å². The highest BCUT2D eigenvalue weighted by atomic mass is 16.8. The first kappa shape index (κ1) is 22.0. The largest absolute Gasteiger partial charge is 0.456 e. The van der Waals surface area contributed by atoms with Crippen molar-refractivity contribution >= 4 is 11.9 Å². The highest BCUT2D eigenvalue weighted by Gasteiger charge is 2.48. The van der Waals surface area contributed by atoms with Crippen LogP contribution < -0.4 is 0 Å². The minimum Gasteiger partial charge on any atom is -0.456 e. The van der Waals surface area contributed by atoms with Crippen molar-refractivity contribution in [2.45, 2.75) is 83.3 Å². The molecule has 6 unspecified atom stereocenters. The minimum absolute atomic E-state index is 0.00264. The van der Waals surface area contributed by atoms with Gasteiger partial charge in [-0.1, -0.05) is 0 Å². The molecule has 3 heterocycles. The van der Waals surface area contributed by atoms with Gasteiger partial charge in [-0.15, -0.1) is 0 Å². The number of hydrogen-bond acceptors (Lipinski definition) is 10. The van der Waals surface area contributed by atoms with Crippen molar-refractivity contribution in [3.8, 4) is 0 Å². The molecule has 0 bridgehead atoms. The molecule has 0 radical (unpaired) electrons. The number of aliphatic hydroxyl groups is 2. The van der Waals surface area contributed by atoms with Gasteiger partial charge >= 0.3 is 11.9 Å².